The molecular formula is C16H20N2O3. The average Bonchev–Trinajstić information content (AvgIpc) is 2.98. The molecule has 0 saturated heterocycles. The number of hydrogen-bond acceptors (Lipinski definition) is 5. The van der Waals surface area contributed by atoms with Gasteiger partial charge in [0.2, 0.25) is 0 Å². The van der Waals surface area contributed by atoms with Gasteiger partial charge in [-0.3, -0.25) is 0 Å². The van der Waals surface area contributed by atoms with Crippen molar-refractivity contribution in [1.29, 1.82) is 0 Å². The number of phenolic OH excluding ortho intramolecular Hbond substituents is 1. The third-order valence-corrected chi connectivity index (χ3v) is 3.99. The maximum Gasteiger partial charge on any atom is 0.169 e. The van der Waals surface area contributed by atoms with E-state index in [9.17, 15) is 5.11 Å². The van der Waals surface area contributed by atoms with Crippen molar-refractivity contribution in [3.05, 3.63) is 24.3 Å². The minimum atomic E-state index is 0.135. The summed E-state index contributed by atoms with van der Waals surface area (Å²) in [5, 5.41) is 13.6. The summed E-state index contributed by atoms with van der Waals surface area (Å²) < 4.78 is 11.1. The van der Waals surface area contributed by atoms with Crippen LogP contribution in [0.25, 0.3) is 11.3 Å². The third-order valence-electron chi connectivity index (χ3n) is 3.99. The predicted molar refractivity (Wildman–Crippen MR) is 80.1 cm³/mol. The highest BCUT2D eigenvalue weighted by Crippen LogP contribution is 2.41. The molecule has 1 heterocycles. The second kappa shape index (κ2) is 4.98. The van der Waals surface area contributed by atoms with Crippen molar-refractivity contribution >= 4 is 5.82 Å². The Morgan fingerprint density at radius 3 is 2.81 bits per heavy atom. The van der Waals surface area contributed by atoms with Gasteiger partial charge in [-0.25, -0.2) is 0 Å². The summed E-state index contributed by atoms with van der Waals surface area (Å²) in [4.78, 5) is 0. The number of aromatic hydroxyl groups is 1. The van der Waals surface area contributed by atoms with Crippen LogP contribution in [0.2, 0.25) is 0 Å². The first-order valence-electron chi connectivity index (χ1n) is 7.15. The summed E-state index contributed by atoms with van der Waals surface area (Å²) in [6.07, 6.45) is 3.27. The molecule has 0 radical (unpaired) electrons. The van der Waals surface area contributed by atoms with Crippen molar-refractivity contribution in [2.75, 3.05) is 5.73 Å². The SMILES string of the molecule is CC1(C)CCC(Oc2cc(-c3cc(N)no3)ccc2O)C1. The quantitative estimate of drug-likeness (QED) is 0.902. The van der Waals surface area contributed by atoms with Crippen LogP contribution in [-0.2, 0) is 0 Å². The molecule has 1 aromatic carbocycles. The van der Waals surface area contributed by atoms with Crippen LogP contribution in [0.5, 0.6) is 11.5 Å². The topological polar surface area (TPSA) is 81.5 Å². The van der Waals surface area contributed by atoms with Gasteiger partial charge in [-0.2, -0.15) is 0 Å². The molecule has 112 valence electrons. The molecule has 1 fully saturated rings. The second-order valence-corrected chi connectivity index (χ2v) is 6.45. The van der Waals surface area contributed by atoms with Gasteiger partial charge in [0, 0.05) is 11.6 Å². The Labute approximate surface area is 123 Å². The van der Waals surface area contributed by atoms with E-state index in [-0.39, 0.29) is 11.9 Å². The summed E-state index contributed by atoms with van der Waals surface area (Å²) in [5.74, 6) is 1.50. The highest BCUT2D eigenvalue weighted by Gasteiger charge is 2.32. The van der Waals surface area contributed by atoms with Crippen LogP contribution in [0.1, 0.15) is 33.1 Å². The number of ether oxygens (including phenoxy) is 1. The average molecular weight is 288 g/mol. The van der Waals surface area contributed by atoms with Crippen molar-refractivity contribution < 1.29 is 14.4 Å². The van der Waals surface area contributed by atoms with Gasteiger partial charge in [0.05, 0.1) is 6.10 Å². The minimum absolute atomic E-state index is 0.135. The van der Waals surface area contributed by atoms with E-state index in [0.29, 0.717) is 22.7 Å². The maximum atomic E-state index is 9.98. The van der Waals surface area contributed by atoms with Crippen molar-refractivity contribution in [2.45, 2.75) is 39.2 Å². The Balaban J connectivity index is 1.82. The third kappa shape index (κ3) is 2.96. The first-order valence-corrected chi connectivity index (χ1v) is 7.15. The summed E-state index contributed by atoms with van der Waals surface area (Å²) in [5.41, 5.74) is 6.64. The number of anilines is 1. The summed E-state index contributed by atoms with van der Waals surface area (Å²) >= 11 is 0. The van der Waals surface area contributed by atoms with E-state index in [1.165, 1.54) is 0 Å². The van der Waals surface area contributed by atoms with Crippen molar-refractivity contribution in [2.24, 2.45) is 5.41 Å². The Morgan fingerprint density at radius 2 is 2.19 bits per heavy atom. The maximum absolute atomic E-state index is 9.98. The lowest BCUT2D eigenvalue weighted by atomic mass is 9.92. The van der Waals surface area contributed by atoms with Crippen LogP contribution in [0, 0.1) is 5.41 Å². The number of nitrogens with two attached hydrogens (primary N) is 1. The lowest BCUT2D eigenvalue weighted by molar-refractivity contribution is 0.186. The standard InChI is InChI=1S/C16H20N2O3/c1-16(2)6-5-11(9-16)20-14-7-10(3-4-12(14)19)13-8-15(17)18-21-13/h3-4,7-8,11,19H,5-6,9H2,1-2H3,(H2,17,18). The molecule has 1 atom stereocenters. The van der Waals surface area contributed by atoms with E-state index < -0.39 is 0 Å². The fraction of sp³-hybridized carbons (Fsp3) is 0.438. The lowest BCUT2D eigenvalue weighted by Crippen LogP contribution is -2.14. The zero-order chi connectivity index (χ0) is 15.0. The molecule has 0 spiro atoms. The molecule has 1 saturated carbocycles. The number of benzene rings is 1. The van der Waals surface area contributed by atoms with Crippen LogP contribution < -0.4 is 10.5 Å². The Hall–Kier alpha value is -2.17. The molecule has 1 aliphatic carbocycles. The van der Waals surface area contributed by atoms with Gasteiger partial charge in [0.25, 0.3) is 0 Å². The lowest BCUT2D eigenvalue weighted by Gasteiger charge is -2.18. The number of phenols is 1. The van der Waals surface area contributed by atoms with E-state index in [1.807, 2.05) is 0 Å². The van der Waals surface area contributed by atoms with Crippen molar-refractivity contribution in [3.63, 3.8) is 0 Å². The molecule has 1 aromatic heterocycles. The number of hydrogen-bond donors (Lipinski definition) is 2. The number of nitrogens with zero attached hydrogens (tertiary/aromatic N) is 1. The first-order chi connectivity index (χ1) is 9.93. The van der Waals surface area contributed by atoms with Gasteiger partial charge in [-0.15, -0.1) is 0 Å². The molecule has 3 rings (SSSR count). The number of rotatable bonds is 3. The minimum Gasteiger partial charge on any atom is -0.504 e. The number of aromatic nitrogens is 1. The molecule has 5 nitrogen and oxygen atoms in total. The fourth-order valence-electron chi connectivity index (χ4n) is 2.84. The smallest absolute Gasteiger partial charge is 0.169 e. The van der Waals surface area contributed by atoms with Gasteiger partial charge in [-0.05, 0) is 42.9 Å². The normalized spacial score (nSPS) is 20.6. The van der Waals surface area contributed by atoms with Gasteiger partial charge in [0.15, 0.2) is 23.1 Å². The molecule has 21 heavy (non-hydrogen) atoms. The summed E-state index contributed by atoms with van der Waals surface area (Å²) in [6.45, 7) is 4.48. The van der Waals surface area contributed by atoms with E-state index in [2.05, 4.69) is 19.0 Å². The largest absolute Gasteiger partial charge is 0.504 e. The molecule has 1 unspecified atom stereocenters. The number of nitrogen functional groups attached to an aromatic ring is 1. The zero-order valence-corrected chi connectivity index (χ0v) is 12.3. The molecule has 0 amide bonds. The molecule has 0 aliphatic heterocycles. The molecule has 5 heteroatoms. The van der Waals surface area contributed by atoms with Crippen LogP contribution in [-0.4, -0.2) is 16.4 Å². The fourth-order valence-corrected chi connectivity index (χ4v) is 2.84. The van der Waals surface area contributed by atoms with Crippen molar-refractivity contribution in [3.8, 4) is 22.8 Å². The molecule has 1 aliphatic rings. The van der Waals surface area contributed by atoms with E-state index in [4.69, 9.17) is 15.0 Å². The molecule has 3 N–H and O–H groups in total. The Kier molecular flexibility index (Phi) is 3.27. The highest BCUT2D eigenvalue weighted by molar-refractivity contribution is 5.64. The Bertz CT molecular complexity index is 649. The first kappa shape index (κ1) is 13.8. The van der Waals surface area contributed by atoms with Gasteiger partial charge >= 0.3 is 0 Å². The monoisotopic (exact) mass is 288 g/mol. The van der Waals surface area contributed by atoms with Crippen molar-refractivity contribution in [1.82, 2.24) is 5.16 Å². The zero-order valence-electron chi connectivity index (χ0n) is 12.3. The molecular weight excluding hydrogens is 268 g/mol. The Morgan fingerprint density at radius 1 is 1.38 bits per heavy atom. The van der Waals surface area contributed by atoms with Crippen LogP contribution in [0.4, 0.5) is 5.82 Å². The van der Waals surface area contributed by atoms with Crippen LogP contribution in [0.15, 0.2) is 28.8 Å². The molecule has 2 aromatic rings. The van der Waals surface area contributed by atoms with E-state index in [0.717, 1.165) is 24.8 Å². The van der Waals surface area contributed by atoms with Gasteiger partial charge < -0.3 is 20.1 Å². The summed E-state index contributed by atoms with van der Waals surface area (Å²) in [7, 11) is 0. The van der Waals surface area contributed by atoms with E-state index >= 15 is 0 Å². The van der Waals surface area contributed by atoms with Crippen LogP contribution in [0.3, 0.4) is 0 Å². The van der Waals surface area contributed by atoms with Gasteiger partial charge in [0.1, 0.15) is 0 Å². The molecule has 0 bridgehead atoms. The summed E-state index contributed by atoms with van der Waals surface area (Å²) in [6, 6.07) is 6.76. The highest BCUT2D eigenvalue weighted by atomic mass is 16.5. The van der Waals surface area contributed by atoms with E-state index in [1.54, 1.807) is 24.3 Å². The van der Waals surface area contributed by atoms with Crippen LogP contribution >= 0.6 is 0 Å². The predicted octanol–water partition coefficient (Wildman–Crippen LogP) is 3.59. The second-order valence-electron chi connectivity index (χ2n) is 6.45. The van der Waals surface area contributed by atoms with Gasteiger partial charge in [-0.1, -0.05) is 19.0 Å².